The molecule has 0 spiro atoms. The van der Waals surface area contributed by atoms with E-state index in [1.54, 1.807) is 6.20 Å². The summed E-state index contributed by atoms with van der Waals surface area (Å²) in [5, 5.41) is 2.32. The molecule has 21 heavy (non-hydrogen) atoms. The number of nitrogens with zero attached hydrogens (tertiary/aromatic N) is 1. The van der Waals surface area contributed by atoms with Gasteiger partial charge in [0.25, 0.3) is 0 Å². The molecule has 0 aliphatic carbocycles. The molecule has 2 N–H and O–H groups in total. The van der Waals surface area contributed by atoms with Crippen LogP contribution in [-0.2, 0) is 6.42 Å². The average molecular weight is 292 g/mol. The number of thiocarbonyl (C=S) groups is 1. The van der Waals surface area contributed by atoms with Gasteiger partial charge in [-0.05, 0) is 28.6 Å². The molecule has 0 saturated carbocycles. The van der Waals surface area contributed by atoms with Gasteiger partial charge in [-0.15, -0.1) is 0 Å². The SMILES string of the molecule is N[C@H](C(=S)Cc1ccc2ccncc2c1)c1ccccc1. The summed E-state index contributed by atoms with van der Waals surface area (Å²) in [5.74, 6) is 0. The molecule has 1 atom stereocenters. The van der Waals surface area contributed by atoms with E-state index in [4.69, 9.17) is 18.0 Å². The molecule has 0 radical (unpaired) electrons. The van der Waals surface area contributed by atoms with Gasteiger partial charge in [0, 0.05) is 29.1 Å². The van der Waals surface area contributed by atoms with Crippen LogP contribution in [0.2, 0.25) is 0 Å². The van der Waals surface area contributed by atoms with Gasteiger partial charge in [-0.2, -0.15) is 0 Å². The van der Waals surface area contributed by atoms with Gasteiger partial charge in [-0.3, -0.25) is 4.98 Å². The van der Waals surface area contributed by atoms with Crippen molar-refractivity contribution >= 4 is 27.9 Å². The monoisotopic (exact) mass is 292 g/mol. The molecule has 0 unspecified atom stereocenters. The molecule has 0 fully saturated rings. The highest BCUT2D eigenvalue weighted by molar-refractivity contribution is 7.80. The fourth-order valence-corrected chi connectivity index (χ4v) is 2.70. The summed E-state index contributed by atoms with van der Waals surface area (Å²) in [4.78, 5) is 5.01. The molecule has 0 aliphatic heterocycles. The standard InChI is InChI=1S/C18H16N2S/c19-18(15-4-2-1-3-5-15)17(21)11-13-6-7-14-8-9-20-12-16(14)10-13/h1-10,12,18H,11,19H2/t18-/m0/s1. The van der Waals surface area contributed by atoms with E-state index >= 15 is 0 Å². The Morgan fingerprint density at radius 3 is 2.67 bits per heavy atom. The molecule has 0 aliphatic rings. The van der Waals surface area contributed by atoms with E-state index in [9.17, 15) is 0 Å². The second-order valence-corrected chi connectivity index (χ2v) is 5.61. The third kappa shape index (κ3) is 3.15. The topological polar surface area (TPSA) is 38.9 Å². The Bertz CT molecular complexity index is 768. The maximum atomic E-state index is 6.25. The molecular formula is C18H16N2S. The number of pyridine rings is 1. The highest BCUT2D eigenvalue weighted by Crippen LogP contribution is 2.18. The summed E-state index contributed by atoms with van der Waals surface area (Å²) in [6, 6.07) is 18.1. The first-order valence-electron chi connectivity index (χ1n) is 6.90. The number of rotatable bonds is 4. The number of benzene rings is 2. The van der Waals surface area contributed by atoms with Crippen molar-refractivity contribution in [2.45, 2.75) is 12.5 Å². The summed E-state index contributed by atoms with van der Waals surface area (Å²) in [7, 11) is 0. The average Bonchev–Trinajstić information content (AvgIpc) is 2.55. The van der Waals surface area contributed by atoms with E-state index in [2.05, 4.69) is 23.2 Å². The second kappa shape index (κ2) is 6.12. The highest BCUT2D eigenvalue weighted by Gasteiger charge is 2.12. The Morgan fingerprint density at radius 2 is 1.86 bits per heavy atom. The van der Waals surface area contributed by atoms with Crippen LogP contribution >= 0.6 is 12.2 Å². The molecule has 3 aromatic rings. The van der Waals surface area contributed by atoms with E-state index in [1.165, 1.54) is 10.9 Å². The van der Waals surface area contributed by atoms with Gasteiger partial charge in [-0.25, -0.2) is 0 Å². The van der Waals surface area contributed by atoms with Crippen LogP contribution in [0.5, 0.6) is 0 Å². The van der Waals surface area contributed by atoms with E-state index < -0.39 is 0 Å². The first kappa shape index (κ1) is 13.9. The van der Waals surface area contributed by atoms with E-state index in [1.807, 2.05) is 42.6 Å². The number of aromatic nitrogens is 1. The van der Waals surface area contributed by atoms with Crippen LogP contribution in [0.25, 0.3) is 10.8 Å². The predicted octanol–water partition coefficient (Wildman–Crippen LogP) is 3.85. The van der Waals surface area contributed by atoms with Crippen molar-refractivity contribution in [3.05, 3.63) is 78.1 Å². The number of fused-ring (bicyclic) bond motifs is 1. The molecule has 2 nitrogen and oxygen atoms in total. The van der Waals surface area contributed by atoms with Crippen LogP contribution < -0.4 is 5.73 Å². The first-order chi connectivity index (χ1) is 10.2. The van der Waals surface area contributed by atoms with Crippen molar-refractivity contribution in [3.63, 3.8) is 0 Å². The fourth-order valence-electron chi connectivity index (χ4n) is 2.40. The summed E-state index contributed by atoms with van der Waals surface area (Å²) < 4.78 is 0. The minimum absolute atomic E-state index is 0.203. The van der Waals surface area contributed by atoms with Gasteiger partial charge < -0.3 is 5.73 Å². The first-order valence-corrected chi connectivity index (χ1v) is 7.31. The lowest BCUT2D eigenvalue weighted by atomic mass is 9.98. The third-order valence-corrected chi connectivity index (χ3v) is 3.99. The highest BCUT2D eigenvalue weighted by atomic mass is 32.1. The maximum Gasteiger partial charge on any atom is 0.0618 e. The summed E-state index contributed by atoms with van der Waals surface area (Å²) in [5.41, 5.74) is 8.48. The van der Waals surface area contributed by atoms with Crippen LogP contribution in [0, 0.1) is 0 Å². The Kier molecular flexibility index (Phi) is 4.04. The van der Waals surface area contributed by atoms with Crippen LogP contribution in [0.15, 0.2) is 67.0 Å². The van der Waals surface area contributed by atoms with Gasteiger partial charge in [0.1, 0.15) is 0 Å². The minimum Gasteiger partial charge on any atom is -0.320 e. The number of nitrogens with two attached hydrogens (primary N) is 1. The Morgan fingerprint density at radius 1 is 1.05 bits per heavy atom. The Hall–Kier alpha value is -2.10. The Labute approximate surface area is 129 Å². The molecule has 1 heterocycles. The third-order valence-electron chi connectivity index (χ3n) is 3.59. The van der Waals surface area contributed by atoms with Gasteiger partial charge in [0.15, 0.2) is 0 Å². The zero-order valence-corrected chi connectivity index (χ0v) is 12.4. The molecule has 3 rings (SSSR count). The van der Waals surface area contributed by atoms with Crippen LogP contribution in [-0.4, -0.2) is 9.85 Å². The van der Waals surface area contributed by atoms with Crippen LogP contribution in [0.4, 0.5) is 0 Å². The smallest absolute Gasteiger partial charge is 0.0618 e. The van der Waals surface area contributed by atoms with Crippen molar-refractivity contribution in [1.82, 2.24) is 4.98 Å². The molecule has 0 saturated heterocycles. The molecule has 104 valence electrons. The lowest BCUT2D eigenvalue weighted by Crippen LogP contribution is -2.21. The summed E-state index contributed by atoms with van der Waals surface area (Å²) in [6.45, 7) is 0. The molecule has 3 heteroatoms. The molecule has 1 aromatic heterocycles. The number of hydrogen-bond acceptors (Lipinski definition) is 3. The Balaban J connectivity index is 1.80. The van der Waals surface area contributed by atoms with E-state index in [-0.39, 0.29) is 6.04 Å². The van der Waals surface area contributed by atoms with Gasteiger partial charge in [0.2, 0.25) is 0 Å². The van der Waals surface area contributed by atoms with Crippen molar-refractivity contribution in [1.29, 1.82) is 0 Å². The predicted molar refractivity (Wildman–Crippen MR) is 91.4 cm³/mol. The van der Waals surface area contributed by atoms with Crippen molar-refractivity contribution in [3.8, 4) is 0 Å². The zero-order chi connectivity index (χ0) is 14.7. The van der Waals surface area contributed by atoms with Gasteiger partial charge in [0.05, 0.1) is 6.04 Å². The number of hydrogen-bond donors (Lipinski definition) is 1. The lowest BCUT2D eigenvalue weighted by Gasteiger charge is -2.14. The summed E-state index contributed by atoms with van der Waals surface area (Å²) in [6.07, 6.45) is 4.38. The zero-order valence-electron chi connectivity index (χ0n) is 11.6. The van der Waals surface area contributed by atoms with Crippen molar-refractivity contribution < 1.29 is 0 Å². The second-order valence-electron chi connectivity index (χ2n) is 5.09. The fraction of sp³-hybridized carbons (Fsp3) is 0.111. The summed E-state index contributed by atoms with van der Waals surface area (Å²) >= 11 is 5.52. The van der Waals surface area contributed by atoms with E-state index in [0.717, 1.165) is 15.8 Å². The van der Waals surface area contributed by atoms with Crippen LogP contribution in [0.3, 0.4) is 0 Å². The van der Waals surface area contributed by atoms with Crippen LogP contribution in [0.1, 0.15) is 17.2 Å². The van der Waals surface area contributed by atoms with Crippen molar-refractivity contribution in [2.75, 3.05) is 0 Å². The van der Waals surface area contributed by atoms with Gasteiger partial charge in [-0.1, -0.05) is 54.7 Å². The van der Waals surface area contributed by atoms with Crippen molar-refractivity contribution in [2.24, 2.45) is 5.73 Å². The maximum absolute atomic E-state index is 6.25. The molecule has 0 amide bonds. The molecular weight excluding hydrogens is 276 g/mol. The molecule has 2 aromatic carbocycles. The largest absolute Gasteiger partial charge is 0.320 e. The van der Waals surface area contributed by atoms with E-state index in [0.29, 0.717) is 6.42 Å². The molecule has 0 bridgehead atoms. The minimum atomic E-state index is -0.203. The lowest BCUT2D eigenvalue weighted by molar-refractivity contribution is 0.956. The van der Waals surface area contributed by atoms with Gasteiger partial charge >= 0.3 is 0 Å². The normalized spacial score (nSPS) is 12.2. The quantitative estimate of drug-likeness (QED) is 0.742.